The molecule has 1 fully saturated rings. The molecule has 0 aliphatic carbocycles. The third-order valence-electron chi connectivity index (χ3n) is 5.02. The Kier molecular flexibility index (Phi) is 5.98. The molecule has 1 aromatic heterocycles. The number of carbonyl (C=O) groups excluding carboxylic acids is 2. The summed E-state index contributed by atoms with van der Waals surface area (Å²) in [6, 6.07) is 13.0. The normalized spacial score (nSPS) is 16.4. The molecule has 3 aromatic rings. The second-order valence-corrected chi connectivity index (χ2v) is 9.92. The number of carbonyl (C=O) groups is 2. The summed E-state index contributed by atoms with van der Waals surface area (Å²) in [4.78, 5) is 26.4. The fourth-order valence-electron chi connectivity index (χ4n) is 3.40. The second kappa shape index (κ2) is 8.71. The van der Waals surface area contributed by atoms with E-state index in [0.29, 0.717) is 17.3 Å². The van der Waals surface area contributed by atoms with Gasteiger partial charge >= 0.3 is 6.01 Å². The summed E-state index contributed by atoms with van der Waals surface area (Å²) in [7, 11) is -3.32. The van der Waals surface area contributed by atoms with E-state index in [9.17, 15) is 18.0 Å². The summed E-state index contributed by atoms with van der Waals surface area (Å²) in [5.74, 6) is -0.562. The first kappa shape index (κ1) is 22.0. The van der Waals surface area contributed by atoms with Gasteiger partial charge in [-0.15, -0.1) is 5.10 Å². The number of nitrogens with one attached hydrogen (secondary N) is 1. The van der Waals surface area contributed by atoms with Crippen LogP contribution in [0.2, 0.25) is 5.02 Å². The molecular formula is C21H19ClN4O5S. The Morgan fingerprint density at radius 2 is 1.84 bits per heavy atom. The van der Waals surface area contributed by atoms with Crippen LogP contribution in [0, 0.1) is 0 Å². The zero-order valence-corrected chi connectivity index (χ0v) is 18.6. The third kappa shape index (κ3) is 4.97. The quantitative estimate of drug-likeness (QED) is 0.582. The van der Waals surface area contributed by atoms with Crippen molar-refractivity contribution in [1.29, 1.82) is 0 Å². The van der Waals surface area contributed by atoms with Crippen molar-refractivity contribution in [3.05, 3.63) is 65.0 Å². The van der Waals surface area contributed by atoms with Crippen molar-refractivity contribution >= 4 is 45.0 Å². The number of nitrogens with zero attached hydrogens (tertiary/aromatic N) is 3. The van der Waals surface area contributed by atoms with E-state index in [2.05, 4.69) is 15.5 Å². The van der Waals surface area contributed by atoms with E-state index in [1.165, 1.54) is 12.1 Å². The number of aromatic nitrogens is 2. The Bertz CT molecular complexity index is 1260. The molecule has 4 rings (SSSR count). The maximum Gasteiger partial charge on any atom is 0.322 e. The average molecular weight is 475 g/mol. The molecule has 32 heavy (non-hydrogen) atoms. The third-order valence-corrected chi connectivity index (χ3v) is 6.40. The highest BCUT2D eigenvalue weighted by molar-refractivity contribution is 7.90. The molecule has 0 bridgehead atoms. The Balaban J connectivity index is 1.39. The Morgan fingerprint density at radius 3 is 2.50 bits per heavy atom. The summed E-state index contributed by atoms with van der Waals surface area (Å²) < 4.78 is 28.8. The van der Waals surface area contributed by atoms with E-state index < -0.39 is 9.84 Å². The van der Waals surface area contributed by atoms with Crippen LogP contribution < -0.4 is 10.2 Å². The maximum absolute atomic E-state index is 12.5. The van der Waals surface area contributed by atoms with E-state index in [0.717, 1.165) is 11.8 Å². The summed E-state index contributed by atoms with van der Waals surface area (Å²) in [6.45, 7) is 0.303. The van der Waals surface area contributed by atoms with Gasteiger partial charge < -0.3 is 9.32 Å². The Labute approximate surface area is 189 Å². The lowest BCUT2D eigenvalue weighted by molar-refractivity contribution is -0.117. The number of sulfone groups is 1. The van der Waals surface area contributed by atoms with Gasteiger partial charge in [0.05, 0.1) is 17.2 Å². The van der Waals surface area contributed by atoms with Gasteiger partial charge in [0.25, 0.3) is 0 Å². The molecule has 1 aliphatic heterocycles. The second-order valence-electron chi connectivity index (χ2n) is 7.47. The summed E-state index contributed by atoms with van der Waals surface area (Å²) in [5.41, 5.74) is 1.37. The van der Waals surface area contributed by atoms with Crippen LogP contribution in [0.4, 0.5) is 11.7 Å². The molecule has 1 aliphatic rings. The highest BCUT2D eigenvalue weighted by Crippen LogP contribution is 2.32. The lowest BCUT2D eigenvalue weighted by Crippen LogP contribution is -2.24. The lowest BCUT2D eigenvalue weighted by Gasteiger charge is -2.16. The molecule has 2 amide bonds. The van der Waals surface area contributed by atoms with Crippen molar-refractivity contribution in [2.24, 2.45) is 0 Å². The lowest BCUT2D eigenvalue weighted by atomic mass is 10.1. The number of hydrogen-bond acceptors (Lipinski definition) is 7. The summed E-state index contributed by atoms with van der Waals surface area (Å²) in [5, 5.41) is 11.0. The van der Waals surface area contributed by atoms with Gasteiger partial charge in [0.2, 0.25) is 17.7 Å². The molecular weight excluding hydrogens is 456 g/mol. The van der Waals surface area contributed by atoms with Crippen LogP contribution in [0.5, 0.6) is 0 Å². The van der Waals surface area contributed by atoms with Crippen LogP contribution in [0.25, 0.3) is 0 Å². The van der Waals surface area contributed by atoms with E-state index in [-0.39, 0.29) is 47.4 Å². The first-order valence-corrected chi connectivity index (χ1v) is 11.9. The SMILES string of the molecule is CS(=O)(=O)c1ccc(N2C[C@H](c3nnc(NC(=O)Cc4ccc(Cl)cc4)o3)CC2=O)cc1. The maximum atomic E-state index is 12.5. The van der Waals surface area contributed by atoms with Gasteiger partial charge in [-0.25, -0.2) is 8.42 Å². The standard InChI is InChI=1S/C21H19ClN4O5S/c1-32(29,30)17-8-6-16(7-9-17)26-12-14(11-19(26)28)20-24-25-21(31-20)23-18(27)10-13-2-4-15(22)5-3-13/h2-9,14H,10-12H2,1H3,(H,23,25,27)/t14-/m1/s1. The van der Waals surface area contributed by atoms with Gasteiger partial charge in [0.15, 0.2) is 9.84 Å². The topological polar surface area (TPSA) is 122 Å². The first-order valence-electron chi connectivity index (χ1n) is 9.67. The molecule has 9 nitrogen and oxygen atoms in total. The van der Waals surface area contributed by atoms with Crippen LogP contribution in [0.3, 0.4) is 0 Å². The van der Waals surface area contributed by atoms with E-state index in [4.69, 9.17) is 16.0 Å². The fourth-order valence-corrected chi connectivity index (χ4v) is 4.15. The average Bonchev–Trinajstić information content (AvgIpc) is 3.35. The zero-order chi connectivity index (χ0) is 22.9. The van der Waals surface area contributed by atoms with Crippen molar-refractivity contribution < 1.29 is 22.4 Å². The summed E-state index contributed by atoms with van der Waals surface area (Å²) >= 11 is 5.84. The van der Waals surface area contributed by atoms with Crippen molar-refractivity contribution in [1.82, 2.24) is 10.2 Å². The van der Waals surface area contributed by atoms with Crippen molar-refractivity contribution in [2.75, 3.05) is 23.0 Å². The number of anilines is 2. The molecule has 1 atom stereocenters. The monoisotopic (exact) mass is 474 g/mol. The van der Waals surface area contributed by atoms with Crippen molar-refractivity contribution in [3.63, 3.8) is 0 Å². The molecule has 0 unspecified atom stereocenters. The van der Waals surface area contributed by atoms with E-state index >= 15 is 0 Å². The number of hydrogen-bond donors (Lipinski definition) is 1. The van der Waals surface area contributed by atoms with Crippen LogP contribution in [0.1, 0.15) is 23.8 Å². The van der Waals surface area contributed by atoms with Gasteiger partial charge in [-0.05, 0) is 42.0 Å². The number of rotatable bonds is 6. The van der Waals surface area contributed by atoms with Crippen LogP contribution in [-0.4, -0.2) is 43.2 Å². The molecule has 166 valence electrons. The molecule has 0 radical (unpaired) electrons. The minimum Gasteiger partial charge on any atom is -0.407 e. The molecule has 0 spiro atoms. The van der Waals surface area contributed by atoms with Gasteiger partial charge in [0.1, 0.15) is 0 Å². The van der Waals surface area contributed by atoms with Gasteiger partial charge in [0, 0.05) is 29.9 Å². The minimum absolute atomic E-state index is 0.0395. The Morgan fingerprint density at radius 1 is 1.16 bits per heavy atom. The predicted octanol–water partition coefficient (Wildman–Crippen LogP) is 2.83. The highest BCUT2D eigenvalue weighted by atomic mass is 35.5. The van der Waals surface area contributed by atoms with E-state index in [1.54, 1.807) is 41.3 Å². The van der Waals surface area contributed by atoms with Gasteiger partial charge in [-0.2, -0.15) is 0 Å². The van der Waals surface area contributed by atoms with E-state index in [1.807, 2.05) is 0 Å². The summed E-state index contributed by atoms with van der Waals surface area (Å²) in [6.07, 6.45) is 1.41. The zero-order valence-electron chi connectivity index (χ0n) is 17.0. The van der Waals surface area contributed by atoms with Crippen molar-refractivity contribution in [3.8, 4) is 0 Å². The predicted molar refractivity (Wildman–Crippen MR) is 117 cm³/mol. The van der Waals surface area contributed by atoms with Crippen LogP contribution in [0.15, 0.2) is 57.8 Å². The molecule has 1 N–H and O–H groups in total. The smallest absolute Gasteiger partial charge is 0.322 e. The number of amides is 2. The molecule has 11 heteroatoms. The highest BCUT2D eigenvalue weighted by Gasteiger charge is 2.35. The van der Waals surface area contributed by atoms with Crippen LogP contribution in [-0.2, 0) is 25.8 Å². The minimum atomic E-state index is -3.32. The molecule has 1 saturated heterocycles. The van der Waals surface area contributed by atoms with Gasteiger partial charge in [-0.3, -0.25) is 14.9 Å². The van der Waals surface area contributed by atoms with Gasteiger partial charge in [-0.1, -0.05) is 28.8 Å². The number of benzene rings is 2. The largest absolute Gasteiger partial charge is 0.407 e. The number of halogens is 1. The Hall–Kier alpha value is -3.24. The first-order chi connectivity index (χ1) is 15.2. The molecule has 0 saturated carbocycles. The molecule has 2 heterocycles. The molecule has 2 aromatic carbocycles. The van der Waals surface area contributed by atoms with Crippen molar-refractivity contribution in [2.45, 2.75) is 23.7 Å². The van der Waals surface area contributed by atoms with Crippen LogP contribution >= 0.6 is 11.6 Å². The fraction of sp³-hybridized carbons (Fsp3) is 0.238.